The summed E-state index contributed by atoms with van der Waals surface area (Å²) in [6.07, 6.45) is -4.56. The second kappa shape index (κ2) is 5.35. The predicted molar refractivity (Wildman–Crippen MR) is 74.7 cm³/mol. The van der Waals surface area contributed by atoms with Gasteiger partial charge in [0, 0.05) is 11.4 Å². The monoisotopic (exact) mass is 295 g/mol. The summed E-state index contributed by atoms with van der Waals surface area (Å²) in [5, 5.41) is 2.21. The van der Waals surface area contributed by atoms with Crippen molar-refractivity contribution in [1.82, 2.24) is 0 Å². The molecule has 2 aromatic carbocycles. The minimum atomic E-state index is -4.56. The topological polar surface area (TPSA) is 81.1 Å². The number of carbonyl (C=O) groups excluding carboxylic acids is 1. The maximum absolute atomic E-state index is 12.8. The fourth-order valence-corrected chi connectivity index (χ4v) is 1.82. The normalized spacial score (nSPS) is 11.2. The molecule has 0 atom stereocenters. The van der Waals surface area contributed by atoms with E-state index in [2.05, 4.69) is 5.32 Å². The van der Waals surface area contributed by atoms with Gasteiger partial charge < -0.3 is 16.8 Å². The van der Waals surface area contributed by atoms with Gasteiger partial charge in [-0.15, -0.1) is 0 Å². The first-order valence-electron chi connectivity index (χ1n) is 5.91. The number of halogens is 3. The van der Waals surface area contributed by atoms with Crippen molar-refractivity contribution in [3.05, 3.63) is 53.6 Å². The molecule has 0 spiro atoms. The lowest BCUT2D eigenvalue weighted by Gasteiger charge is -2.14. The minimum Gasteiger partial charge on any atom is -0.399 e. The summed E-state index contributed by atoms with van der Waals surface area (Å²) in [7, 11) is 0. The Labute approximate surface area is 118 Å². The van der Waals surface area contributed by atoms with Gasteiger partial charge in [0.25, 0.3) is 5.91 Å². The lowest BCUT2D eigenvalue weighted by Crippen LogP contribution is -2.17. The Balaban J connectivity index is 2.32. The van der Waals surface area contributed by atoms with Gasteiger partial charge in [0.15, 0.2) is 0 Å². The van der Waals surface area contributed by atoms with Crippen LogP contribution in [-0.4, -0.2) is 5.91 Å². The molecule has 0 aliphatic rings. The molecule has 0 bridgehead atoms. The van der Waals surface area contributed by atoms with Crippen LogP contribution in [-0.2, 0) is 6.18 Å². The summed E-state index contributed by atoms with van der Waals surface area (Å²) < 4.78 is 38.5. The quantitative estimate of drug-likeness (QED) is 0.744. The van der Waals surface area contributed by atoms with Gasteiger partial charge >= 0.3 is 6.18 Å². The lowest BCUT2D eigenvalue weighted by molar-refractivity contribution is -0.136. The Morgan fingerprint density at radius 3 is 2.33 bits per heavy atom. The van der Waals surface area contributed by atoms with Gasteiger partial charge in [-0.25, -0.2) is 0 Å². The Morgan fingerprint density at radius 1 is 1.05 bits per heavy atom. The summed E-state index contributed by atoms with van der Waals surface area (Å²) in [6.45, 7) is 0. The second-order valence-corrected chi connectivity index (χ2v) is 4.34. The van der Waals surface area contributed by atoms with Gasteiger partial charge in [0.05, 0.1) is 16.8 Å². The molecule has 21 heavy (non-hydrogen) atoms. The molecule has 0 aromatic heterocycles. The van der Waals surface area contributed by atoms with E-state index in [9.17, 15) is 18.0 Å². The first-order valence-corrected chi connectivity index (χ1v) is 5.91. The van der Waals surface area contributed by atoms with Gasteiger partial charge in [-0.1, -0.05) is 12.1 Å². The number of nitrogens with one attached hydrogen (secondary N) is 1. The zero-order valence-corrected chi connectivity index (χ0v) is 10.7. The molecule has 0 aliphatic heterocycles. The van der Waals surface area contributed by atoms with E-state index in [0.717, 1.165) is 6.07 Å². The third-order valence-corrected chi connectivity index (χ3v) is 2.80. The molecule has 1 amide bonds. The fraction of sp³-hybridized carbons (Fsp3) is 0.0714. The number of nitrogen functional groups attached to an aromatic ring is 2. The smallest absolute Gasteiger partial charge is 0.399 e. The third kappa shape index (κ3) is 3.25. The molecule has 0 aliphatic carbocycles. The van der Waals surface area contributed by atoms with Gasteiger partial charge in [0.2, 0.25) is 0 Å². The molecule has 5 N–H and O–H groups in total. The Kier molecular flexibility index (Phi) is 3.75. The van der Waals surface area contributed by atoms with E-state index in [4.69, 9.17) is 11.5 Å². The molecule has 0 radical (unpaired) electrons. The number of benzene rings is 2. The van der Waals surface area contributed by atoms with Crippen molar-refractivity contribution in [3.8, 4) is 0 Å². The highest BCUT2D eigenvalue weighted by Crippen LogP contribution is 2.34. The number of amides is 1. The Morgan fingerprint density at radius 2 is 1.71 bits per heavy atom. The van der Waals surface area contributed by atoms with Crippen molar-refractivity contribution in [3.63, 3.8) is 0 Å². The van der Waals surface area contributed by atoms with E-state index < -0.39 is 17.6 Å². The first-order chi connectivity index (χ1) is 9.79. The van der Waals surface area contributed by atoms with Crippen LogP contribution in [0.1, 0.15) is 15.9 Å². The number of hydrogen-bond donors (Lipinski definition) is 3. The molecule has 2 aromatic rings. The highest BCUT2D eigenvalue weighted by molar-refractivity contribution is 6.08. The average molecular weight is 295 g/mol. The third-order valence-electron chi connectivity index (χ3n) is 2.80. The Hall–Kier alpha value is -2.70. The molecule has 4 nitrogen and oxygen atoms in total. The predicted octanol–water partition coefficient (Wildman–Crippen LogP) is 3.12. The molecule has 0 unspecified atom stereocenters. The molecule has 0 heterocycles. The number of para-hydroxylation sites is 1. The van der Waals surface area contributed by atoms with Crippen LogP contribution in [0.15, 0.2) is 42.5 Å². The summed E-state index contributed by atoms with van der Waals surface area (Å²) in [5.74, 6) is -0.732. The number of carbonyl (C=O) groups is 1. The Bertz CT molecular complexity index is 683. The van der Waals surface area contributed by atoms with Crippen LogP contribution in [0, 0.1) is 0 Å². The van der Waals surface area contributed by atoms with Crippen LogP contribution in [0.4, 0.5) is 30.2 Å². The van der Waals surface area contributed by atoms with Crippen molar-refractivity contribution in [1.29, 1.82) is 0 Å². The van der Waals surface area contributed by atoms with Crippen LogP contribution in [0.5, 0.6) is 0 Å². The van der Waals surface area contributed by atoms with E-state index in [-0.39, 0.29) is 16.9 Å². The zero-order chi connectivity index (χ0) is 15.6. The van der Waals surface area contributed by atoms with Crippen LogP contribution >= 0.6 is 0 Å². The van der Waals surface area contributed by atoms with Crippen molar-refractivity contribution >= 4 is 23.0 Å². The van der Waals surface area contributed by atoms with Crippen LogP contribution in [0.3, 0.4) is 0 Å². The molecule has 2 rings (SSSR count). The van der Waals surface area contributed by atoms with Crippen molar-refractivity contribution in [2.24, 2.45) is 0 Å². The van der Waals surface area contributed by atoms with Gasteiger partial charge in [-0.2, -0.15) is 13.2 Å². The molecule has 0 saturated heterocycles. The highest BCUT2D eigenvalue weighted by atomic mass is 19.4. The number of rotatable bonds is 2. The number of alkyl halides is 3. The molecular formula is C14H12F3N3O. The lowest BCUT2D eigenvalue weighted by atomic mass is 10.1. The standard InChI is InChI=1S/C14H12F3N3O/c15-14(16,17)10-3-1-2-4-12(10)20-13(21)9-6-5-8(18)7-11(9)19/h1-7H,18-19H2,(H,20,21). The number of nitrogens with two attached hydrogens (primary N) is 2. The van der Waals surface area contributed by atoms with E-state index in [1.807, 2.05) is 0 Å². The zero-order valence-electron chi connectivity index (χ0n) is 10.7. The van der Waals surface area contributed by atoms with Gasteiger partial charge in [0.1, 0.15) is 0 Å². The van der Waals surface area contributed by atoms with Crippen molar-refractivity contribution in [2.45, 2.75) is 6.18 Å². The van der Waals surface area contributed by atoms with Crippen LogP contribution < -0.4 is 16.8 Å². The minimum absolute atomic E-state index is 0.0566. The average Bonchev–Trinajstić information content (AvgIpc) is 2.37. The van der Waals surface area contributed by atoms with E-state index in [0.29, 0.717) is 5.69 Å². The first kappa shape index (κ1) is 14.7. The maximum Gasteiger partial charge on any atom is 0.418 e. The van der Waals surface area contributed by atoms with Gasteiger partial charge in [-0.05, 0) is 30.3 Å². The molecule has 0 saturated carbocycles. The number of hydrogen-bond acceptors (Lipinski definition) is 3. The van der Waals surface area contributed by atoms with Crippen molar-refractivity contribution in [2.75, 3.05) is 16.8 Å². The van der Waals surface area contributed by atoms with Crippen LogP contribution in [0.2, 0.25) is 0 Å². The van der Waals surface area contributed by atoms with Gasteiger partial charge in [-0.3, -0.25) is 4.79 Å². The molecule has 110 valence electrons. The van der Waals surface area contributed by atoms with E-state index in [1.54, 1.807) is 0 Å². The summed E-state index contributed by atoms with van der Waals surface area (Å²) in [5.41, 5.74) is 10.4. The SMILES string of the molecule is Nc1ccc(C(=O)Nc2ccccc2C(F)(F)F)c(N)c1. The van der Waals surface area contributed by atoms with E-state index >= 15 is 0 Å². The maximum atomic E-state index is 12.8. The van der Waals surface area contributed by atoms with Crippen molar-refractivity contribution < 1.29 is 18.0 Å². The summed E-state index contributed by atoms with van der Waals surface area (Å²) >= 11 is 0. The van der Waals surface area contributed by atoms with E-state index in [1.165, 1.54) is 36.4 Å². The molecule has 7 heteroatoms. The highest BCUT2D eigenvalue weighted by Gasteiger charge is 2.33. The van der Waals surface area contributed by atoms with Crippen LogP contribution in [0.25, 0.3) is 0 Å². The summed E-state index contributed by atoms with van der Waals surface area (Å²) in [6, 6.07) is 8.88. The fourth-order valence-electron chi connectivity index (χ4n) is 1.82. The largest absolute Gasteiger partial charge is 0.418 e. The molecular weight excluding hydrogens is 283 g/mol. The molecule has 0 fully saturated rings. The summed E-state index contributed by atoms with van der Waals surface area (Å²) in [4.78, 5) is 12.0. The second-order valence-electron chi connectivity index (χ2n) is 4.34. The number of anilines is 3.